The van der Waals surface area contributed by atoms with Gasteiger partial charge in [-0.1, -0.05) is 11.6 Å². The van der Waals surface area contributed by atoms with Crippen LogP contribution in [0.4, 0.5) is 56.6 Å². The number of alkyl halides is 9. The monoisotopic (exact) mass is 673 g/mol. The maximum absolute atomic E-state index is 15.0. The van der Waals surface area contributed by atoms with Crippen LogP contribution in [0.25, 0.3) is 0 Å². The number of carbonyl (C=O) groups is 3. The van der Waals surface area contributed by atoms with Crippen LogP contribution in [0.15, 0.2) is 30.3 Å². The zero-order chi connectivity index (χ0) is 31.8. The molecule has 0 spiro atoms. The molecule has 19 heteroatoms. The van der Waals surface area contributed by atoms with Crippen molar-refractivity contribution in [1.82, 2.24) is 0 Å². The highest BCUT2D eigenvalue weighted by molar-refractivity contribution is 6.52. The summed E-state index contributed by atoms with van der Waals surface area (Å²) >= 11 is 17.7. The summed E-state index contributed by atoms with van der Waals surface area (Å²) in [5, 5.41) is 5.76. The first-order valence-electron chi connectivity index (χ1n) is 11.2. The van der Waals surface area contributed by atoms with Crippen LogP contribution in [0, 0.1) is 17.6 Å². The first-order chi connectivity index (χ1) is 19.1. The van der Waals surface area contributed by atoms with Crippen LogP contribution in [0.1, 0.15) is 29.6 Å². The second-order valence-electron chi connectivity index (χ2n) is 8.76. The SMILES string of the molecule is O=C(CCC(F)(OC(F)(F)F)C(F)(F)F)Nc1c(F)ccc(NC(=O)c2cc(NC(=O)C3CC3(Cl)Cl)ccc2Cl)c1F. The third kappa shape index (κ3) is 8.11. The molecule has 3 rings (SSSR count). The minimum Gasteiger partial charge on any atom is -0.326 e. The van der Waals surface area contributed by atoms with Gasteiger partial charge in [-0.05, 0) is 36.8 Å². The summed E-state index contributed by atoms with van der Waals surface area (Å²) in [7, 11) is 0. The number of carbonyl (C=O) groups excluding carboxylic acids is 3. The van der Waals surface area contributed by atoms with Crippen molar-refractivity contribution in [3.05, 3.63) is 52.6 Å². The topological polar surface area (TPSA) is 96.5 Å². The summed E-state index contributed by atoms with van der Waals surface area (Å²) in [6, 6.07) is 4.83. The van der Waals surface area contributed by atoms with Gasteiger partial charge in [-0.25, -0.2) is 17.9 Å². The Hall–Kier alpha value is -2.95. The van der Waals surface area contributed by atoms with Gasteiger partial charge in [0.25, 0.3) is 5.91 Å². The Morgan fingerprint density at radius 1 is 0.952 bits per heavy atom. The molecule has 230 valence electrons. The Bertz CT molecular complexity index is 1410. The molecule has 3 amide bonds. The van der Waals surface area contributed by atoms with Crippen molar-refractivity contribution in [2.75, 3.05) is 16.0 Å². The van der Waals surface area contributed by atoms with Crippen LogP contribution in [-0.2, 0) is 14.3 Å². The van der Waals surface area contributed by atoms with E-state index in [4.69, 9.17) is 34.8 Å². The molecular formula is C23H15Cl3F9N3O4. The van der Waals surface area contributed by atoms with E-state index in [9.17, 15) is 53.9 Å². The van der Waals surface area contributed by atoms with Crippen molar-refractivity contribution in [3.63, 3.8) is 0 Å². The molecule has 1 aliphatic carbocycles. The fraction of sp³-hybridized carbons (Fsp3) is 0.348. The van der Waals surface area contributed by atoms with Crippen molar-refractivity contribution >= 4 is 69.6 Å². The molecule has 42 heavy (non-hydrogen) atoms. The molecule has 1 saturated carbocycles. The summed E-state index contributed by atoms with van der Waals surface area (Å²) in [5.41, 5.74) is -2.37. The lowest BCUT2D eigenvalue weighted by molar-refractivity contribution is -0.448. The average Bonchev–Trinajstić information content (AvgIpc) is 3.49. The van der Waals surface area contributed by atoms with E-state index in [1.165, 1.54) is 17.4 Å². The third-order valence-electron chi connectivity index (χ3n) is 5.60. The van der Waals surface area contributed by atoms with E-state index in [2.05, 4.69) is 10.1 Å². The molecule has 1 aliphatic rings. The number of nitrogens with one attached hydrogen (secondary N) is 3. The number of anilines is 3. The lowest BCUT2D eigenvalue weighted by Gasteiger charge is -2.28. The normalized spacial score (nSPS) is 17.7. The van der Waals surface area contributed by atoms with Crippen LogP contribution in [0.5, 0.6) is 0 Å². The van der Waals surface area contributed by atoms with E-state index in [0.717, 1.165) is 6.07 Å². The van der Waals surface area contributed by atoms with Crippen molar-refractivity contribution in [1.29, 1.82) is 0 Å². The van der Waals surface area contributed by atoms with E-state index < -0.39 is 82.2 Å². The maximum atomic E-state index is 15.0. The number of amides is 3. The molecule has 0 heterocycles. The second-order valence-corrected chi connectivity index (χ2v) is 10.7. The molecule has 2 aromatic carbocycles. The molecule has 3 N–H and O–H groups in total. The number of halogens is 12. The zero-order valence-electron chi connectivity index (χ0n) is 20.3. The first kappa shape index (κ1) is 33.6. The number of hydrogen-bond donors (Lipinski definition) is 3. The summed E-state index contributed by atoms with van der Waals surface area (Å²) in [5.74, 6) is -12.6. The minimum absolute atomic E-state index is 0.0652. The van der Waals surface area contributed by atoms with Crippen molar-refractivity contribution in [2.24, 2.45) is 5.92 Å². The molecule has 0 aromatic heterocycles. The highest BCUT2D eigenvalue weighted by Gasteiger charge is 2.62. The van der Waals surface area contributed by atoms with Gasteiger partial charge < -0.3 is 16.0 Å². The van der Waals surface area contributed by atoms with Crippen molar-refractivity contribution < 1.29 is 58.6 Å². The quantitative estimate of drug-likeness (QED) is 0.190. The molecule has 0 radical (unpaired) electrons. The predicted molar refractivity (Wildman–Crippen MR) is 132 cm³/mol. The predicted octanol–water partition coefficient (Wildman–Crippen LogP) is 7.49. The molecule has 1 fully saturated rings. The minimum atomic E-state index is -6.22. The largest absolute Gasteiger partial charge is 0.525 e. The lowest BCUT2D eigenvalue weighted by atomic mass is 10.1. The van der Waals surface area contributed by atoms with E-state index in [-0.39, 0.29) is 22.7 Å². The Morgan fingerprint density at radius 3 is 2.12 bits per heavy atom. The van der Waals surface area contributed by atoms with E-state index in [1.807, 2.05) is 5.32 Å². The smallest absolute Gasteiger partial charge is 0.326 e. The molecule has 7 nitrogen and oxygen atoms in total. The van der Waals surface area contributed by atoms with Gasteiger partial charge in [0, 0.05) is 18.5 Å². The van der Waals surface area contributed by atoms with Crippen molar-refractivity contribution in [3.8, 4) is 0 Å². The van der Waals surface area contributed by atoms with Gasteiger partial charge >= 0.3 is 18.4 Å². The summed E-state index contributed by atoms with van der Waals surface area (Å²) in [4.78, 5) is 37.0. The lowest BCUT2D eigenvalue weighted by Crippen LogP contribution is -2.47. The van der Waals surface area contributed by atoms with Gasteiger partial charge in [0.05, 0.1) is 22.2 Å². The van der Waals surface area contributed by atoms with Gasteiger partial charge in [0.1, 0.15) is 15.8 Å². The van der Waals surface area contributed by atoms with Crippen LogP contribution < -0.4 is 16.0 Å². The fourth-order valence-corrected chi connectivity index (χ4v) is 4.08. The summed E-state index contributed by atoms with van der Waals surface area (Å²) in [6.45, 7) is 0. The highest BCUT2D eigenvalue weighted by atomic mass is 35.5. The molecule has 2 unspecified atom stereocenters. The standard InChI is InChI=1S/C23H15Cl3F9N3O4/c24-12-2-1-9(36-19(41)11-8-20(11,25)26)7-10(12)18(40)37-14-4-3-13(27)17(16(14)28)38-15(39)5-6-21(29,22(30,31)32)42-23(33,34)35/h1-4,7,11H,5-6,8H2,(H,36,41)(H,37,40)(H,38,39). The average molecular weight is 675 g/mol. The number of ether oxygens (including phenoxy) is 1. The zero-order valence-corrected chi connectivity index (χ0v) is 22.5. The number of hydrogen-bond acceptors (Lipinski definition) is 4. The molecule has 0 aliphatic heterocycles. The van der Waals surface area contributed by atoms with E-state index >= 15 is 0 Å². The van der Waals surface area contributed by atoms with E-state index in [1.54, 1.807) is 0 Å². The fourth-order valence-electron chi connectivity index (χ4n) is 3.37. The third-order valence-corrected chi connectivity index (χ3v) is 6.76. The molecule has 0 saturated heterocycles. The molecule has 2 atom stereocenters. The maximum Gasteiger partial charge on any atom is 0.525 e. The number of rotatable bonds is 9. The summed E-state index contributed by atoms with van der Waals surface area (Å²) < 4.78 is 120. The van der Waals surface area contributed by atoms with Crippen LogP contribution in [0.2, 0.25) is 5.02 Å². The van der Waals surface area contributed by atoms with Gasteiger partial charge in [0.15, 0.2) is 5.82 Å². The number of benzene rings is 2. The van der Waals surface area contributed by atoms with Crippen LogP contribution >= 0.6 is 34.8 Å². The van der Waals surface area contributed by atoms with Gasteiger partial charge in [-0.3, -0.25) is 14.4 Å². The van der Waals surface area contributed by atoms with Crippen LogP contribution in [-0.4, -0.2) is 40.4 Å². The Balaban J connectivity index is 1.73. The second kappa shape index (κ2) is 12.0. The summed E-state index contributed by atoms with van der Waals surface area (Å²) in [6.07, 6.45) is -16.0. The van der Waals surface area contributed by atoms with Crippen molar-refractivity contribution in [2.45, 2.75) is 42.0 Å². The molecule has 2 aromatic rings. The Labute approximate surface area is 244 Å². The van der Waals surface area contributed by atoms with Crippen LogP contribution in [0.3, 0.4) is 0 Å². The Morgan fingerprint density at radius 2 is 1.57 bits per heavy atom. The van der Waals surface area contributed by atoms with E-state index in [0.29, 0.717) is 12.1 Å². The van der Waals surface area contributed by atoms with Gasteiger partial charge in [-0.2, -0.15) is 13.2 Å². The molecular weight excluding hydrogens is 660 g/mol. The molecule has 0 bridgehead atoms. The Kier molecular flexibility index (Phi) is 9.56. The first-order valence-corrected chi connectivity index (χ1v) is 12.4. The highest BCUT2D eigenvalue weighted by Crippen LogP contribution is 2.53. The van der Waals surface area contributed by atoms with Gasteiger partial charge in [0.2, 0.25) is 11.8 Å². The van der Waals surface area contributed by atoms with Gasteiger partial charge in [-0.15, -0.1) is 36.4 Å².